The maximum Gasteiger partial charge on any atom is 0.360 e. The normalized spacial score (nSPS) is 10.9. The van der Waals surface area contributed by atoms with Crippen LogP contribution >= 0.6 is 0 Å². The second-order valence-corrected chi connectivity index (χ2v) is 6.04. The summed E-state index contributed by atoms with van der Waals surface area (Å²) in [6.45, 7) is 1.76. The number of carbonyl (C=O) groups excluding carboxylic acids is 1. The van der Waals surface area contributed by atoms with Crippen molar-refractivity contribution < 1.29 is 14.1 Å². The van der Waals surface area contributed by atoms with Gasteiger partial charge >= 0.3 is 5.97 Å². The average molecular weight is 361 g/mol. The summed E-state index contributed by atoms with van der Waals surface area (Å²) in [7, 11) is 0. The lowest BCUT2D eigenvalue weighted by atomic mass is 10.2. The first-order valence-electron chi connectivity index (χ1n) is 8.28. The molecule has 4 rings (SSSR count). The molecule has 134 valence electrons. The smallest absolute Gasteiger partial charge is 0.360 e. The van der Waals surface area contributed by atoms with Gasteiger partial charge in [-0.1, -0.05) is 41.6 Å². The summed E-state index contributed by atoms with van der Waals surface area (Å²) in [5.41, 5.74) is 2.44. The molecule has 0 amide bonds. The summed E-state index contributed by atoms with van der Waals surface area (Å²) >= 11 is 0. The van der Waals surface area contributed by atoms with Gasteiger partial charge in [0.2, 0.25) is 0 Å². The number of rotatable bonds is 4. The molecule has 1 aromatic carbocycles. The molecule has 0 saturated carbocycles. The number of carbonyl (C=O) groups is 1. The third-order valence-electron chi connectivity index (χ3n) is 3.99. The fourth-order valence-corrected chi connectivity index (χ4v) is 2.66. The van der Waals surface area contributed by atoms with Crippen molar-refractivity contribution in [2.45, 2.75) is 13.5 Å². The van der Waals surface area contributed by atoms with Crippen LogP contribution in [0.5, 0.6) is 0 Å². The van der Waals surface area contributed by atoms with Gasteiger partial charge in [0.15, 0.2) is 11.5 Å². The van der Waals surface area contributed by atoms with Gasteiger partial charge in [-0.05, 0) is 18.6 Å². The molecule has 27 heavy (non-hydrogen) atoms. The Bertz CT molecular complexity index is 1180. The highest BCUT2D eigenvalue weighted by Crippen LogP contribution is 2.20. The summed E-state index contributed by atoms with van der Waals surface area (Å²) in [6, 6.07) is 15.8. The van der Waals surface area contributed by atoms with Crippen molar-refractivity contribution in [3.63, 3.8) is 0 Å². The largest absolute Gasteiger partial charge is 0.454 e. The zero-order chi connectivity index (χ0) is 18.8. The lowest BCUT2D eigenvalue weighted by Crippen LogP contribution is -2.17. The van der Waals surface area contributed by atoms with E-state index in [1.165, 1.54) is 16.5 Å². The third kappa shape index (κ3) is 3.48. The minimum atomic E-state index is -0.646. The fourth-order valence-electron chi connectivity index (χ4n) is 2.66. The second-order valence-electron chi connectivity index (χ2n) is 6.04. The highest BCUT2D eigenvalue weighted by Gasteiger charge is 2.15. The number of aryl methyl sites for hydroxylation is 1. The Morgan fingerprint density at radius 1 is 1.15 bits per heavy atom. The number of hydrogen-bond donors (Lipinski definition) is 0. The summed E-state index contributed by atoms with van der Waals surface area (Å²) in [5, 5.41) is 3.75. The van der Waals surface area contributed by atoms with E-state index in [2.05, 4.69) is 10.1 Å². The Balaban J connectivity index is 1.50. The van der Waals surface area contributed by atoms with Crippen LogP contribution in [0.3, 0.4) is 0 Å². The number of benzene rings is 1. The molecule has 7 nitrogen and oxygen atoms in total. The molecule has 4 aromatic rings. The van der Waals surface area contributed by atoms with E-state index >= 15 is 0 Å². The van der Waals surface area contributed by atoms with Gasteiger partial charge < -0.3 is 9.26 Å². The molecule has 0 atom stereocenters. The van der Waals surface area contributed by atoms with Crippen LogP contribution in [0.15, 0.2) is 70.1 Å². The second kappa shape index (κ2) is 6.87. The van der Waals surface area contributed by atoms with Crippen LogP contribution in [0.1, 0.15) is 21.7 Å². The van der Waals surface area contributed by atoms with Crippen molar-refractivity contribution >= 4 is 11.6 Å². The molecular formula is C20H15N3O4. The molecule has 0 aliphatic rings. The van der Waals surface area contributed by atoms with Crippen molar-refractivity contribution in [3.05, 3.63) is 88.1 Å². The van der Waals surface area contributed by atoms with E-state index in [0.29, 0.717) is 17.1 Å². The summed E-state index contributed by atoms with van der Waals surface area (Å²) < 4.78 is 11.9. The highest BCUT2D eigenvalue weighted by atomic mass is 16.5. The van der Waals surface area contributed by atoms with E-state index in [9.17, 15) is 9.59 Å². The number of hydrogen-bond acceptors (Lipinski definition) is 6. The highest BCUT2D eigenvalue weighted by molar-refractivity contribution is 5.88. The first kappa shape index (κ1) is 16.7. The maximum absolute atomic E-state index is 12.2. The maximum atomic E-state index is 12.2. The van der Waals surface area contributed by atoms with E-state index in [1.807, 2.05) is 43.3 Å². The van der Waals surface area contributed by atoms with E-state index in [0.717, 1.165) is 11.1 Å². The SMILES string of the molecule is Cc1ccc2nc(COC(=O)c3cc(-c4ccccc4)on3)cc(=O)n2c1. The first-order chi connectivity index (χ1) is 13.1. The molecule has 0 aliphatic carbocycles. The van der Waals surface area contributed by atoms with Crippen LogP contribution in [0.2, 0.25) is 0 Å². The zero-order valence-electron chi connectivity index (χ0n) is 14.5. The summed E-state index contributed by atoms with van der Waals surface area (Å²) in [4.78, 5) is 28.7. The Morgan fingerprint density at radius 2 is 1.96 bits per heavy atom. The van der Waals surface area contributed by atoms with Gasteiger partial charge in [-0.25, -0.2) is 9.78 Å². The lowest BCUT2D eigenvalue weighted by Gasteiger charge is -2.05. The van der Waals surface area contributed by atoms with E-state index in [4.69, 9.17) is 9.26 Å². The van der Waals surface area contributed by atoms with E-state index in [1.54, 1.807) is 12.3 Å². The van der Waals surface area contributed by atoms with Gasteiger partial charge in [0.25, 0.3) is 5.56 Å². The molecule has 7 heteroatoms. The lowest BCUT2D eigenvalue weighted by molar-refractivity contribution is 0.0456. The van der Waals surface area contributed by atoms with Gasteiger partial charge in [0.1, 0.15) is 12.3 Å². The first-order valence-corrected chi connectivity index (χ1v) is 8.28. The van der Waals surface area contributed by atoms with Crippen LogP contribution in [-0.2, 0) is 11.3 Å². The molecule has 3 heterocycles. The number of ether oxygens (including phenoxy) is 1. The van der Waals surface area contributed by atoms with Crippen LogP contribution in [0.4, 0.5) is 0 Å². The topological polar surface area (TPSA) is 86.7 Å². The number of esters is 1. The number of pyridine rings is 1. The Hall–Kier alpha value is -3.74. The Morgan fingerprint density at radius 3 is 2.78 bits per heavy atom. The standard InChI is InChI=1S/C20H15N3O4/c1-13-7-8-18-21-15(9-19(24)23(18)11-13)12-26-20(25)16-10-17(27-22-16)14-5-3-2-4-6-14/h2-11H,12H2,1H3. The molecule has 3 aromatic heterocycles. The number of aromatic nitrogens is 3. The quantitative estimate of drug-likeness (QED) is 0.519. The summed E-state index contributed by atoms with van der Waals surface area (Å²) in [6.07, 6.45) is 1.71. The number of fused-ring (bicyclic) bond motifs is 1. The number of nitrogens with zero attached hydrogens (tertiary/aromatic N) is 3. The van der Waals surface area contributed by atoms with Gasteiger partial charge in [0, 0.05) is 23.9 Å². The van der Waals surface area contributed by atoms with Crippen molar-refractivity contribution in [2.75, 3.05) is 0 Å². The van der Waals surface area contributed by atoms with Crippen molar-refractivity contribution in [1.29, 1.82) is 0 Å². The Kier molecular flexibility index (Phi) is 4.25. The van der Waals surface area contributed by atoms with Gasteiger partial charge in [-0.15, -0.1) is 0 Å². The van der Waals surface area contributed by atoms with Crippen LogP contribution in [0, 0.1) is 6.92 Å². The van der Waals surface area contributed by atoms with Crippen molar-refractivity contribution in [2.24, 2.45) is 0 Å². The minimum Gasteiger partial charge on any atom is -0.454 e. The van der Waals surface area contributed by atoms with Crippen LogP contribution in [0.25, 0.3) is 17.0 Å². The third-order valence-corrected chi connectivity index (χ3v) is 3.99. The molecule has 0 unspecified atom stereocenters. The molecule has 0 fully saturated rings. The molecular weight excluding hydrogens is 346 g/mol. The average Bonchev–Trinajstić information content (AvgIpc) is 3.18. The zero-order valence-corrected chi connectivity index (χ0v) is 14.5. The van der Waals surface area contributed by atoms with E-state index in [-0.39, 0.29) is 17.9 Å². The predicted octanol–water partition coefficient (Wildman–Crippen LogP) is 3.01. The monoisotopic (exact) mass is 361 g/mol. The van der Waals surface area contributed by atoms with E-state index < -0.39 is 5.97 Å². The van der Waals surface area contributed by atoms with Crippen LogP contribution in [-0.4, -0.2) is 20.5 Å². The predicted molar refractivity (Wildman–Crippen MR) is 97.3 cm³/mol. The fraction of sp³-hybridized carbons (Fsp3) is 0.100. The molecule has 0 N–H and O–H groups in total. The minimum absolute atomic E-state index is 0.0574. The summed E-state index contributed by atoms with van der Waals surface area (Å²) in [5.74, 6) is -0.174. The van der Waals surface area contributed by atoms with Crippen molar-refractivity contribution in [3.8, 4) is 11.3 Å². The molecule has 0 bridgehead atoms. The van der Waals surface area contributed by atoms with Gasteiger partial charge in [0.05, 0.1) is 5.69 Å². The molecule has 0 saturated heterocycles. The molecule has 0 radical (unpaired) electrons. The Labute approximate surface area is 153 Å². The molecule has 0 aliphatic heterocycles. The van der Waals surface area contributed by atoms with Crippen molar-refractivity contribution in [1.82, 2.24) is 14.5 Å². The van der Waals surface area contributed by atoms with Crippen LogP contribution < -0.4 is 5.56 Å². The van der Waals surface area contributed by atoms with Gasteiger partial charge in [-0.2, -0.15) is 0 Å². The molecule has 0 spiro atoms. The van der Waals surface area contributed by atoms with Gasteiger partial charge in [-0.3, -0.25) is 9.20 Å².